The Morgan fingerprint density at radius 3 is 2.65 bits per heavy atom. The average Bonchev–Trinajstić information content (AvgIpc) is 2.38. The molecule has 0 saturated heterocycles. The highest BCUT2D eigenvalue weighted by molar-refractivity contribution is 5.46. The van der Waals surface area contributed by atoms with E-state index in [4.69, 9.17) is 9.47 Å². The van der Waals surface area contributed by atoms with Crippen molar-refractivity contribution in [2.75, 3.05) is 13.2 Å². The Kier molecular flexibility index (Phi) is 7.16. The SMILES string of the molecule is C=C(C)CCOc1c(CNC(C)C)cccc1OCC. The minimum atomic E-state index is 0.439. The first kappa shape index (κ1) is 16.6. The first-order valence-corrected chi connectivity index (χ1v) is 7.29. The molecule has 3 nitrogen and oxygen atoms in total. The predicted molar refractivity (Wildman–Crippen MR) is 84.5 cm³/mol. The van der Waals surface area contributed by atoms with Crippen LogP contribution in [0.2, 0.25) is 0 Å². The Morgan fingerprint density at radius 1 is 1.30 bits per heavy atom. The van der Waals surface area contributed by atoms with Gasteiger partial charge in [0.15, 0.2) is 11.5 Å². The van der Waals surface area contributed by atoms with E-state index in [1.54, 1.807) is 0 Å². The van der Waals surface area contributed by atoms with E-state index in [1.807, 2.05) is 26.0 Å². The number of benzene rings is 1. The second-order valence-corrected chi connectivity index (χ2v) is 5.27. The van der Waals surface area contributed by atoms with Crippen LogP contribution in [0.4, 0.5) is 0 Å². The van der Waals surface area contributed by atoms with Crippen molar-refractivity contribution in [1.82, 2.24) is 5.32 Å². The molecule has 0 atom stereocenters. The molecule has 0 aromatic heterocycles. The van der Waals surface area contributed by atoms with Gasteiger partial charge in [0.05, 0.1) is 13.2 Å². The number of nitrogens with one attached hydrogen (secondary N) is 1. The van der Waals surface area contributed by atoms with Gasteiger partial charge in [0.2, 0.25) is 0 Å². The average molecular weight is 277 g/mol. The molecule has 0 bridgehead atoms. The van der Waals surface area contributed by atoms with Gasteiger partial charge in [-0.25, -0.2) is 0 Å². The van der Waals surface area contributed by atoms with Crippen LogP contribution in [0.25, 0.3) is 0 Å². The van der Waals surface area contributed by atoms with E-state index in [-0.39, 0.29) is 0 Å². The fraction of sp³-hybridized carbons (Fsp3) is 0.529. The van der Waals surface area contributed by atoms with E-state index in [0.717, 1.165) is 35.6 Å². The molecule has 0 aliphatic carbocycles. The number of hydrogen-bond acceptors (Lipinski definition) is 3. The van der Waals surface area contributed by atoms with Crippen LogP contribution >= 0.6 is 0 Å². The number of hydrogen-bond donors (Lipinski definition) is 1. The molecule has 0 aliphatic rings. The van der Waals surface area contributed by atoms with Crippen LogP contribution in [-0.2, 0) is 6.54 Å². The fourth-order valence-corrected chi connectivity index (χ4v) is 1.77. The second-order valence-electron chi connectivity index (χ2n) is 5.27. The molecule has 0 heterocycles. The zero-order valence-corrected chi connectivity index (χ0v) is 13.2. The molecule has 0 fully saturated rings. The van der Waals surface area contributed by atoms with Gasteiger partial charge in [-0.15, -0.1) is 6.58 Å². The Balaban J connectivity index is 2.84. The van der Waals surface area contributed by atoms with Crippen molar-refractivity contribution < 1.29 is 9.47 Å². The summed E-state index contributed by atoms with van der Waals surface area (Å²) in [4.78, 5) is 0. The first-order chi connectivity index (χ1) is 9.54. The summed E-state index contributed by atoms with van der Waals surface area (Å²) in [7, 11) is 0. The lowest BCUT2D eigenvalue weighted by molar-refractivity contribution is 0.276. The van der Waals surface area contributed by atoms with Crippen molar-refractivity contribution in [1.29, 1.82) is 0 Å². The van der Waals surface area contributed by atoms with E-state index in [0.29, 0.717) is 19.3 Å². The lowest BCUT2D eigenvalue weighted by Gasteiger charge is -2.17. The highest BCUT2D eigenvalue weighted by Gasteiger charge is 2.11. The van der Waals surface area contributed by atoms with Crippen molar-refractivity contribution in [2.45, 2.75) is 46.7 Å². The third-order valence-corrected chi connectivity index (χ3v) is 2.84. The van der Waals surface area contributed by atoms with Crippen molar-refractivity contribution in [2.24, 2.45) is 0 Å². The minimum absolute atomic E-state index is 0.439. The Labute approximate surface area is 123 Å². The third-order valence-electron chi connectivity index (χ3n) is 2.84. The lowest BCUT2D eigenvalue weighted by Crippen LogP contribution is -2.22. The molecule has 1 aromatic carbocycles. The van der Waals surface area contributed by atoms with Crippen LogP contribution in [-0.4, -0.2) is 19.3 Å². The molecule has 0 amide bonds. The zero-order chi connectivity index (χ0) is 15.0. The lowest BCUT2D eigenvalue weighted by atomic mass is 10.1. The smallest absolute Gasteiger partial charge is 0.165 e. The van der Waals surface area contributed by atoms with Crippen LogP contribution in [0.1, 0.15) is 39.7 Å². The summed E-state index contributed by atoms with van der Waals surface area (Å²) in [6, 6.07) is 6.48. The largest absolute Gasteiger partial charge is 0.490 e. The summed E-state index contributed by atoms with van der Waals surface area (Å²) in [5.74, 6) is 1.67. The van der Waals surface area contributed by atoms with Gasteiger partial charge in [-0.1, -0.05) is 31.6 Å². The number of para-hydroxylation sites is 1. The van der Waals surface area contributed by atoms with E-state index in [9.17, 15) is 0 Å². The maximum Gasteiger partial charge on any atom is 0.165 e. The zero-order valence-electron chi connectivity index (χ0n) is 13.2. The molecule has 0 spiro atoms. The quantitative estimate of drug-likeness (QED) is 0.694. The van der Waals surface area contributed by atoms with Crippen LogP contribution in [0.5, 0.6) is 11.5 Å². The number of rotatable bonds is 9. The molecule has 3 heteroatoms. The summed E-state index contributed by atoms with van der Waals surface area (Å²) in [5, 5.41) is 3.42. The van der Waals surface area contributed by atoms with Gasteiger partial charge in [-0.2, -0.15) is 0 Å². The first-order valence-electron chi connectivity index (χ1n) is 7.29. The summed E-state index contributed by atoms with van der Waals surface area (Å²) < 4.78 is 11.6. The molecule has 1 N–H and O–H groups in total. The van der Waals surface area contributed by atoms with Crippen LogP contribution in [0.3, 0.4) is 0 Å². The van der Waals surface area contributed by atoms with Gasteiger partial charge >= 0.3 is 0 Å². The van der Waals surface area contributed by atoms with Crippen LogP contribution < -0.4 is 14.8 Å². The van der Waals surface area contributed by atoms with Crippen molar-refractivity contribution in [3.8, 4) is 11.5 Å². The number of ether oxygens (including phenoxy) is 2. The van der Waals surface area contributed by atoms with Crippen LogP contribution in [0.15, 0.2) is 30.4 Å². The van der Waals surface area contributed by atoms with Gasteiger partial charge in [0.25, 0.3) is 0 Å². The molecule has 20 heavy (non-hydrogen) atoms. The van der Waals surface area contributed by atoms with E-state index < -0.39 is 0 Å². The summed E-state index contributed by atoms with van der Waals surface area (Å²) in [6.45, 7) is 14.2. The predicted octanol–water partition coefficient (Wildman–Crippen LogP) is 3.93. The summed E-state index contributed by atoms with van der Waals surface area (Å²) >= 11 is 0. The molecular formula is C17H27NO2. The Bertz CT molecular complexity index is 427. The maximum atomic E-state index is 5.94. The highest BCUT2D eigenvalue weighted by atomic mass is 16.5. The molecule has 0 radical (unpaired) electrons. The Morgan fingerprint density at radius 2 is 2.05 bits per heavy atom. The van der Waals surface area contributed by atoms with E-state index >= 15 is 0 Å². The fourth-order valence-electron chi connectivity index (χ4n) is 1.77. The van der Waals surface area contributed by atoms with Crippen LogP contribution in [0, 0.1) is 0 Å². The highest BCUT2D eigenvalue weighted by Crippen LogP contribution is 2.31. The molecule has 1 aromatic rings. The molecule has 0 aliphatic heterocycles. The topological polar surface area (TPSA) is 30.5 Å². The summed E-state index contributed by atoms with van der Waals surface area (Å²) in [5.41, 5.74) is 2.26. The molecule has 1 rings (SSSR count). The third kappa shape index (κ3) is 5.66. The van der Waals surface area contributed by atoms with E-state index in [2.05, 4.69) is 31.8 Å². The monoisotopic (exact) mass is 277 g/mol. The van der Waals surface area contributed by atoms with Gasteiger partial charge in [-0.3, -0.25) is 0 Å². The van der Waals surface area contributed by atoms with Gasteiger partial charge < -0.3 is 14.8 Å². The minimum Gasteiger partial charge on any atom is -0.490 e. The van der Waals surface area contributed by atoms with Gasteiger partial charge in [0.1, 0.15) is 0 Å². The van der Waals surface area contributed by atoms with E-state index in [1.165, 1.54) is 0 Å². The Hall–Kier alpha value is -1.48. The molecule has 0 unspecified atom stereocenters. The second kappa shape index (κ2) is 8.64. The molecular weight excluding hydrogens is 250 g/mol. The van der Waals surface area contributed by atoms with Crippen molar-refractivity contribution in [3.05, 3.63) is 35.9 Å². The standard InChI is InChI=1S/C17H27NO2/c1-6-19-16-9-7-8-15(12-18-14(4)5)17(16)20-11-10-13(2)3/h7-9,14,18H,2,6,10-12H2,1,3-5H3. The van der Waals surface area contributed by atoms with Crippen molar-refractivity contribution >= 4 is 0 Å². The van der Waals surface area contributed by atoms with Gasteiger partial charge in [0, 0.05) is 24.6 Å². The van der Waals surface area contributed by atoms with Crippen molar-refractivity contribution in [3.63, 3.8) is 0 Å². The normalized spacial score (nSPS) is 10.7. The summed E-state index contributed by atoms with van der Waals surface area (Å²) in [6.07, 6.45) is 0.859. The maximum absolute atomic E-state index is 5.94. The van der Waals surface area contributed by atoms with Gasteiger partial charge in [-0.05, 0) is 19.9 Å². The molecule has 112 valence electrons. The molecule has 0 saturated carbocycles.